The van der Waals surface area contributed by atoms with Crippen LogP contribution in [0.4, 0.5) is 34.1 Å². The van der Waals surface area contributed by atoms with E-state index in [4.69, 9.17) is 0 Å². The van der Waals surface area contributed by atoms with Crippen molar-refractivity contribution in [2.45, 2.75) is 6.92 Å². The number of para-hydroxylation sites is 1. The van der Waals surface area contributed by atoms with Crippen molar-refractivity contribution in [3.63, 3.8) is 0 Å². The molecular weight excluding hydrogens is 785 g/mol. The van der Waals surface area contributed by atoms with Crippen molar-refractivity contribution in [3.8, 4) is 55.6 Å². The second-order valence-electron chi connectivity index (χ2n) is 15.8. The third-order valence-electron chi connectivity index (χ3n) is 11.5. The molecule has 0 heterocycles. The van der Waals surface area contributed by atoms with Gasteiger partial charge in [-0.3, -0.25) is 0 Å². The van der Waals surface area contributed by atoms with Crippen LogP contribution in [0.15, 0.2) is 280 Å². The predicted molar refractivity (Wildman–Crippen MR) is 279 cm³/mol. The molecule has 10 aromatic carbocycles. The standard InChI is InChI=1S/C60H44N2.C3H6/c1-5-13-45(14-6-1)48-21-23-49(24-22-48)52-29-39-56(40-30-52)61(55-19-11-4-12-20-55)57-41-31-53(32-42-57)54-33-43-60(44-34-54)62(58-35-25-50(26-36-58)46-15-7-2-8-16-46)59-37-27-51(28-38-59)47-17-9-3-10-18-47;1-3-2/h1-44H;3H,1H2,2H3. The second kappa shape index (κ2) is 20.2. The highest BCUT2D eigenvalue weighted by Crippen LogP contribution is 2.40. The van der Waals surface area contributed by atoms with Crippen molar-refractivity contribution in [1.29, 1.82) is 0 Å². The van der Waals surface area contributed by atoms with Crippen LogP contribution in [0, 0.1) is 0 Å². The summed E-state index contributed by atoms with van der Waals surface area (Å²) in [5, 5.41) is 0. The van der Waals surface area contributed by atoms with Crippen molar-refractivity contribution >= 4 is 34.1 Å². The average molecular weight is 835 g/mol. The maximum atomic E-state index is 3.36. The summed E-state index contributed by atoms with van der Waals surface area (Å²) in [6.07, 6.45) is 1.75. The Balaban J connectivity index is 0.00000173. The van der Waals surface area contributed by atoms with Gasteiger partial charge in [-0.1, -0.05) is 200 Å². The third-order valence-corrected chi connectivity index (χ3v) is 11.5. The maximum absolute atomic E-state index is 3.36. The van der Waals surface area contributed by atoms with Gasteiger partial charge in [0.1, 0.15) is 0 Å². The fraction of sp³-hybridized carbons (Fsp3) is 0.0159. The van der Waals surface area contributed by atoms with E-state index in [1.165, 1.54) is 44.5 Å². The molecular formula is C63H50N2. The molecule has 10 aromatic rings. The summed E-state index contributed by atoms with van der Waals surface area (Å²) >= 11 is 0. The van der Waals surface area contributed by atoms with Crippen LogP contribution in [0.5, 0.6) is 0 Å². The number of nitrogens with zero attached hydrogens (tertiary/aromatic N) is 2. The van der Waals surface area contributed by atoms with Crippen LogP contribution in [-0.4, -0.2) is 0 Å². The molecule has 0 aromatic heterocycles. The largest absolute Gasteiger partial charge is 0.311 e. The van der Waals surface area contributed by atoms with Gasteiger partial charge in [0, 0.05) is 34.1 Å². The first kappa shape index (κ1) is 41.9. The fourth-order valence-corrected chi connectivity index (χ4v) is 8.23. The lowest BCUT2D eigenvalue weighted by atomic mass is 10.00. The number of hydrogen-bond donors (Lipinski definition) is 0. The number of rotatable bonds is 11. The highest BCUT2D eigenvalue weighted by molar-refractivity contribution is 5.83. The van der Waals surface area contributed by atoms with Crippen molar-refractivity contribution in [2.75, 3.05) is 9.80 Å². The molecule has 0 fully saturated rings. The van der Waals surface area contributed by atoms with E-state index in [9.17, 15) is 0 Å². The van der Waals surface area contributed by atoms with E-state index in [1.54, 1.807) is 6.08 Å². The topological polar surface area (TPSA) is 6.48 Å². The summed E-state index contributed by atoms with van der Waals surface area (Å²) < 4.78 is 0. The minimum atomic E-state index is 1.09. The summed E-state index contributed by atoms with van der Waals surface area (Å²) in [6, 6.07) is 95.5. The lowest BCUT2D eigenvalue weighted by Gasteiger charge is -2.26. The van der Waals surface area contributed by atoms with Crippen LogP contribution in [0.3, 0.4) is 0 Å². The van der Waals surface area contributed by atoms with Crippen molar-refractivity contribution in [2.24, 2.45) is 0 Å². The Hall–Kier alpha value is -8.46. The van der Waals surface area contributed by atoms with Crippen molar-refractivity contribution in [1.82, 2.24) is 0 Å². The molecule has 0 saturated heterocycles. The van der Waals surface area contributed by atoms with Gasteiger partial charge in [0.25, 0.3) is 0 Å². The van der Waals surface area contributed by atoms with E-state index in [-0.39, 0.29) is 0 Å². The van der Waals surface area contributed by atoms with Gasteiger partial charge in [-0.25, -0.2) is 0 Å². The van der Waals surface area contributed by atoms with Gasteiger partial charge in [-0.05, 0) is 135 Å². The zero-order valence-electron chi connectivity index (χ0n) is 36.6. The van der Waals surface area contributed by atoms with E-state index >= 15 is 0 Å². The molecule has 0 aliphatic heterocycles. The molecule has 0 aliphatic rings. The van der Waals surface area contributed by atoms with Crippen LogP contribution >= 0.6 is 0 Å². The second-order valence-corrected chi connectivity index (χ2v) is 15.8. The normalized spacial score (nSPS) is 10.6. The smallest absolute Gasteiger partial charge is 0.0462 e. The minimum absolute atomic E-state index is 1.09. The van der Waals surface area contributed by atoms with Crippen LogP contribution in [-0.2, 0) is 0 Å². The van der Waals surface area contributed by atoms with E-state index in [0.717, 1.165) is 45.3 Å². The Labute approximate surface area is 384 Å². The van der Waals surface area contributed by atoms with Crippen LogP contribution < -0.4 is 9.80 Å². The number of allylic oxidation sites excluding steroid dienone is 1. The Bertz CT molecular complexity index is 2940. The zero-order valence-corrected chi connectivity index (χ0v) is 36.6. The van der Waals surface area contributed by atoms with Gasteiger partial charge in [0.2, 0.25) is 0 Å². The SMILES string of the molecule is C=CC.c1ccc(-c2ccc(-c3ccc(N(c4ccccc4)c4ccc(-c5ccc(N(c6ccc(-c7ccccc7)cc6)c6ccc(-c7ccccc7)cc6)cc5)cc4)cc3)cc2)cc1. The molecule has 312 valence electrons. The van der Waals surface area contributed by atoms with Gasteiger partial charge in [-0.2, -0.15) is 0 Å². The Morgan fingerprint density at radius 2 is 0.354 bits per heavy atom. The van der Waals surface area contributed by atoms with Crippen LogP contribution in [0.25, 0.3) is 55.6 Å². The molecule has 0 amide bonds. The van der Waals surface area contributed by atoms with Crippen LogP contribution in [0.1, 0.15) is 6.92 Å². The van der Waals surface area contributed by atoms with Crippen molar-refractivity contribution < 1.29 is 0 Å². The number of anilines is 6. The quantitative estimate of drug-likeness (QED) is 0.120. The molecule has 0 atom stereocenters. The Morgan fingerprint density at radius 1 is 0.215 bits per heavy atom. The molecule has 65 heavy (non-hydrogen) atoms. The predicted octanol–water partition coefficient (Wildman–Crippen LogP) is 18.2. The molecule has 0 bridgehead atoms. The summed E-state index contributed by atoms with van der Waals surface area (Å²) in [4.78, 5) is 4.65. The Kier molecular flexibility index (Phi) is 13.0. The molecule has 10 rings (SSSR count). The summed E-state index contributed by atoms with van der Waals surface area (Å²) in [6.45, 7) is 5.25. The molecule has 2 nitrogen and oxygen atoms in total. The zero-order chi connectivity index (χ0) is 44.2. The highest BCUT2D eigenvalue weighted by Gasteiger charge is 2.16. The fourth-order valence-electron chi connectivity index (χ4n) is 8.23. The lowest BCUT2D eigenvalue weighted by Crippen LogP contribution is -2.10. The van der Waals surface area contributed by atoms with Crippen LogP contribution in [0.2, 0.25) is 0 Å². The van der Waals surface area contributed by atoms with E-state index < -0.39 is 0 Å². The average Bonchev–Trinajstić information content (AvgIpc) is 3.39. The molecule has 0 spiro atoms. The molecule has 0 aliphatic carbocycles. The van der Waals surface area contributed by atoms with Gasteiger partial charge in [0.05, 0.1) is 0 Å². The van der Waals surface area contributed by atoms with E-state index in [0.29, 0.717) is 0 Å². The first-order valence-electron chi connectivity index (χ1n) is 22.1. The third kappa shape index (κ3) is 9.79. The molecule has 2 heteroatoms. The van der Waals surface area contributed by atoms with Crippen molar-refractivity contribution in [3.05, 3.63) is 280 Å². The summed E-state index contributed by atoms with van der Waals surface area (Å²) in [5.74, 6) is 0. The Morgan fingerprint density at radius 3 is 0.554 bits per heavy atom. The monoisotopic (exact) mass is 834 g/mol. The summed E-state index contributed by atoms with van der Waals surface area (Å²) in [5.41, 5.74) is 18.6. The van der Waals surface area contributed by atoms with Gasteiger partial charge in [-0.15, -0.1) is 6.58 Å². The van der Waals surface area contributed by atoms with Gasteiger partial charge >= 0.3 is 0 Å². The molecule has 0 N–H and O–H groups in total. The van der Waals surface area contributed by atoms with E-state index in [1.807, 2.05) is 6.92 Å². The first-order chi connectivity index (χ1) is 32.1. The van der Waals surface area contributed by atoms with Gasteiger partial charge < -0.3 is 9.80 Å². The lowest BCUT2D eigenvalue weighted by molar-refractivity contribution is 1.28. The number of hydrogen-bond acceptors (Lipinski definition) is 2. The molecule has 0 unspecified atom stereocenters. The first-order valence-corrected chi connectivity index (χ1v) is 22.1. The number of benzene rings is 10. The van der Waals surface area contributed by atoms with E-state index in [2.05, 4.69) is 283 Å². The molecule has 0 saturated carbocycles. The highest BCUT2D eigenvalue weighted by atomic mass is 15.1. The van der Waals surface area contributed by atoms with Gasteiger partial charge in [0.15, 0.2) is 0 Å². The minimum Gasteiger partial charge on any atom is -0.311 e. The maximum Gasteiger partial charge on any atom is 0.0462 e. The summed E-state index contributed by atoms with van der Waals surface area (Å²) in [7, 11) is 0. The molecule has 0 radical (unpaired) electrons.